The molecule has 1 aliphatic rings. The van der Waals surface area contributed by atoms with Crippen molar-refractivity contribution in [3.05, 3.63) is 53.6 Å². The molecular weight excluding hydrogens is 386 g/mol. The Bertz CT molecular complexity index is 1010. The van der Waals surface area contributed by atoms with Gasteiger partial charge in [-0.15, -0.1) is 0 Å². The predicted octanol–water partition coefficient (Wildman–Crippen LogP) is 4.86. The van der Waals surface area contributed by atoms with Crippen LogP contribution in [0.1, 0.15) is 44.2 Å². The molecule has 3 N–H and O–H groups in total. The van der Waals surface area contributed by atoms with Crippen LogP contribution < -0.4 is 15.5 Å². The first-order valence-corrected chi connectivity index (χ1v) is 10.7. The molecule has 0 radical (unpaired) electrons. The second-order valence-corrected chi connectivity index (χ2v) is 8.48. The first kappa shape index (κ1) is 22.8. The number of hydrogen-bond acceptors (Lipinski definition) is 6. The van der Waals surface area contributed by atoms with E-state index >= 15 is 0 Å². The number of rotatable bonds is 6. The number of benzene rings is 2. The standard InChI is InChI=1S/C24H31N5O.CH4/c1-16-14-17(8-13-22(16)30)15-25-18-9-11-19(12-10-18)26-24-27-21-7-5-4-6-20(21)23(28-24)29(2)3;/h4-8,13-14,18-19,25,30H,9-12,15H2,1-3H3,(H,26,27,28);1H4. The normalized spacial score (nSPS) is 18.4. The van der Waals surface area contributed by atoms with E-state index < -0.39 is 0 Å². The number of para-hydroxylation sites is 1. The van der Waals surface area contributed by atoms with Crippen molar-refractivity contribution in [2.75, 3.05) is 24.3 Å². The molecule has 3 aromatic rings. The monoisotopic (exact) mass is 421 g/mol. The summed E-state index contributed by atoms with van der Waals surface area (Å²) in [5.41, 5.74) is 3.11. The number of aryl methyl sites for hydroxylation is 1. The molecule has 0 bridgehead atoms. The minimum Gasteiger partial charge on any atom is -0.508 e. The summed E-state index contributed by atoms with van der Waals surface area (Å²) >= 11 is 0. The lowest BCUT2D eigenvalue weighted by Crippen LogP contribution is -2.37. The summed E-state index contributed by atoms with van der Waals surface area (Å²) < 4.78 is 0. The number of phenols is 1. The molecule has 166 valence electrons. The SMILES string of the molecule is C.Cc1cc(CNC2CCC(Nc3nc(N(C)C)c4ccccc4n3)CC2)ccc1O. The minimum atomic E-state index is 0. The number of nitrogens with one attached hydrogen (secondary N) is 2. The van der Waals surface area contributed by atoms with Crippen LogP contribution in [0.25, 0.3) is 10.9 Å². The molecule has 1 saturated carbocycles. The predicted molar refractivity (Wildman–Crippen MR) is 130 cm³/mol. The molecule has 31 heavy (non-hydrogen) atoms. The third kappa shape index (κ3) is 5.44. The fourth-order valence-corrected chi connectivity index (χ4v) is 4.18. The van der Waals surface area contributed by atoms with Gasteiger partial charge in [-0.25, -0.2) is 4.98 Å². The highest BCUT2D eigenvalue weighted by Crippen LogP contribution is 2.26. The zero-order valence-corrected chi connectivity index (χ0v) is 18.0. The van der Waals surface area contributed by atoms with E-state index in [1.165, 1.54) is 5.56 Å². The largest absolute Gasteiger partial charge is 0.508 e. The Morgan fingerprint density at radius 2 is 1.71 bits per heavy atom. The second kappa shape index (κ2) is 9.96. The van der Waals surface area contributed by atoms with Crippen molar-refractivity contribution in [3.8, 4) is 5.75 Å². The maximum absolute atomic E-state index is 9.68. The van der Waals surface area contributed by atoms with E-state index in [2.05, 4.69) is 22.8 Å². The first-order valence-electron chi connectivity index (χ1n) is 10.7. The van der Waals surface area contributed by atoms with Crippen molar-refractivity contribution in [2.45, 2.75) is 58.7 Å². The van der Waals surface area contributed by atoms with Crippen LogP contribution in [0.3, 0.4) is 0 Å². The molecule has 1 aliphatic carbocycles. The van der Waals surface area contributed by atoms with Gasteiger partial charge in [0, 0.05) is 38.1 Å². The summed E-state index contributed by atoms with van der Waals surface area (Å²) in [6.45, 7) is 2.77. The second-order valence-electron chi connectivity index (χ2n) is 8.48. The zero-order valence-electron chi connectivity index (χ0n) is 18.0. The molecule has 2 aromatic carbocycles. The maximum atomic E-state index is 9.68. The van der Waals surface area contributed by atoms with Crippen molar-refractivity contribution < 1.29 is 5.11 Å². The lowest BCUT2D eigenvalue weighted by atomic mass is 9.91. The molecule has 6 nitrogen and oxygen atoms in total. The summed E-state index contributed by atoms with van der Waals surface area (Å²) in [6.07, 6.45) is 4.45. The van der Waals surface area contributed by atoms with E-state index in [0.29, 0.717) is 23.8 Å². The average molecular weight is 422 g/mol. The van der Waals surface area contributed by atoms with Gasteiger partial charge >= 0.3 is 0 Å². The van der Waals surface area contributed by atoms with Gasteiger partial charge in [0.05, 0.1) is 5.52 Å². The van der Waals surface area contributed by atoms with Crippen molar-refractivity contribution in [2.24, 2.45) is 0 Å². The Balaban J connectivity index is 0.00000272. The maximum Gasteiger partial charge on any atom is 0.225 e. The Morgan fingerprint density at radius 1 is 1.00 bits per heavy atom. The molecular formula is C25H35N5O. The van der Waals surface area contributed by atoms with E-state index in [9.17, 15) is 5.11 Å². The van der Waals surface area contributed by atoms with E-state index in [4.69, 9.17) is 9.97 Å². The van der Waals surface area contributed by atoms with Gasteiger partial charge in [0.1, 0.15) is 11.6 Å². The van der Waals surface area contributed by atoms with Gasteiger partial charge < -0.3 is 20.6 Å². The average Bonchev–Trinajstić information content (AvgIpc) is 2.75. The molecule has 0 aliphatic heterocycles. The van der Waals surface area contributed by atoms with Crippen LogP contribution in [-0.4, -0.2) is 41.3 Å². The Hall–Kier alpha value is -2.86. The van der Waals surface area contributed by atoms with Crippen molar-refractivity contribution in [1.29, 1.82) is 0 Å². The number of aromatic nitrogens is 2. The summed E-state index contributed by atoms with van der Waals surface area (Å²) in [4.78, 5) is 11.6. The van der Waals surface area contributed by atoms with E-state index in [1.54, 1.807) is 6.07 Å². The number of hydrogen-bond donors (Lipinski definition) is 3. The topological polar surface area (TPSA) is 73.3 Å². The Kier molecular flexibility index (Phi) is 7.33. The number of anilines is 2. The van der Waals surface area contributed by atoms with Crippen molar-refractivity contribution >= 4 is 22.7 Å². The number of phenolic OH excluding ortho intramolecular Hbond substituents is 1. The molecule has 1 heterocycles. The van der Waals surface area contributed by atoms with Gasteiger partial charge in [-0.3, -0.25) is 0 Å². The Morgan fingerprint density at radius 3 is 2.42 bits per heavy atom. The fourth-order valence-electron chi connectivity index (χ4n) is 4.18. The highest BCUT2D eigenvalue weighted by molar-refractivity contribution is 5.90. The summed E-state index contributed by atoms with van der Waals surface area (Å²) in [5.74, 6) is 2.02. The van der Waals surface area contributed by atoms with E-state index in [-0.39, 0.29) is 7.43 Å². The van der Waals surface area contributed by atoms with Gasteiger partial charge in [-0.2, -0.15) is 4.98 Å². The van der Waals surface area contributed by atoms with Gasteiger partial charge in [0.15, 0.2) is 0 Å². The number of fused-ring (bicyclic) bond motifs is 1. The van der Waals surface area contributed by atoms with Crippen molar-refractivity contribution in [3.63, 3.8) is 0 Å². The van der Waals surface area contributed by atoms with Crippen LogP contribution in [0.5, 0.6) is 5.75 Å². The number of aromatic hydroxyl groups is 1. The minimum absolute atomic E-state index is 0. The van der Waals surface area contributed by atoms with Crippen LogP contribution in [0, 0.1) is 6.92 Å². The van der Waals surface area contributed by atoms with Gasteiger partial charge in [-0.1, -0.05) is 31.7 Å². The van der Waals surface area contributed by atoms with Gasteiger partial charge in [0.25, 0.3) is 0 Å². The quantitative estimate of drug-likeness (QED) is 0.528. The molecule has 1 fully saturated rings. The Labute approximate surface area is 185 Å². The van der Waals surface area contributed by atoms with E-state index in [1.807, 2.05) is 50.2 Å². The third-order valence-electron chi connectivity index (χ3n) is 5.92. The summed E-state index contributed by atoms with van der Waals surface area (Å²) in [7, 11) is 4.04. The fraction of sp³-hybridized carbons (Fsp3) is 0.440. The van der Waals surface area contributed by atoms with Crippen molar-refractivity contribution in [1.82, 2.24) is 15.3 Å². The highest BCUT2D eigenvalue weighted by atomic mass is 16.3. The van der Waals surface area contributed by atoms with E-state index in [0.717, 1.165) is 54.5 Å². The van der Waals surface area contributed by atoms with Gasteiger partial charge in [-0.05, 0) is 61.9 Å². The van der Waals surface area contributed by atoms with Crippen LogP contribution in [0.15, 0.2) is 42.5 Å². The zero-order chi connectivity index (χ0) is 21.1. The molecule has 0 atom stereocenters. The smallest absolute Gasteiger partial charge is 0.225 e. The van der Waals surface area contributed by atoms with Crippen LogP contribution in [-0.2, 0) is 6.54 Å². The molecule has 1 aromatic heterocycles. The number of nitrogens with zero attached hydrogens (tertiary/aromatic N) is 3. The molecule has 6 heteroatoms. The summed E-state index contributed by atoms with van der Waals surface area (Å²) in [6, 6.07) is 14.9. The summed E-state index contributed by atoms with van der Waals surface area (Å²) in [5, 5.41) is 18.0. The molecule has 0 amide bonds. The third-order valence-corrected chi connectivity index (χ3v) is 5.92. The van der Waals surface area contributed by atoms with Crippen LogP contribution >= 0.6 is 0 Å². The van der Waals surface area contributed by atoms with Gasteiger partial charge in [0.2, 0.25) is 5.95 Å². The molecule has 0 saturated heterocycles. The lowest BCUT2D eigenvalue weighted by Gasteiger charge is -2.30. The molecule has 4 rings (SSSR count). The molecule has 0 unspecified atom stereocenters. The van der Waals surface area contributed by atoms with Crippen LogP contribution in [0.4, 0.5) is 11.8 Å². The molecule has 0 spiro atoms. The lowest BCUT2D eigenvalue weighted by molar-refractivity contribution is 0.352. The van der Waals surface area contributed by atoms with Crippen LogP contribution in [0.2, 0.25) is 0 Å². The first-order chi connectivity index (χ1) is 14.5. The highest BCUT2D eigenvalue weighted by Gasteiger charge is 2.22.